The summed E-state index contributed by atoms with van der Waals surface area (Å²) in [5.74, 6) is 0. The van der Waals surface area contributed by atoms with Gasteiger partial charge in [0.25, 0.3) is 0 Å². The maximum Gasteiger partial charge on any atom is -0.0210 e. The van der Waals surface area contributed by atoms with Gasteiger partial charge in [0.2, 0.25) is 0 Å². The largest absolute Gasteiger partial charge is 0.0935 e. The predicted octanol–water partition coefficient (Wildman–Crippen LogP) is 2.94. The Hall–Kier alpha value is 0.180. The van der Waals surface area contributed by atoms with E-state index in [1.54, 1.807) is 10.7 Å². The Bertz CT molecular complexity index is 69.0. The van der Waals surface area contributed by atoms with E-state index in [4.69, 9.17) is 0 Å². The molecule has 0 spiro atoms. The molecular formula is C7H12S2. The highest BCUT2D eigenvalue weighted by Gasteiger charge is 1.83. The third-order valence-electron chi connectivity index (χ3n) is 1.14. The predicted molar refractivity (Wildman–Crippen MR) is 50.4 cm³/mol. The fourth-order valence-electron chi connectivity index (χ4n) is 0.632. The van der Waals surface area contributed by atoms with E-state index >= 15 is 0 Å². The Labute approximate surface area is 67.6 Å². The van der Waals surface area contributed by atoms with Crippen molar-refractivity contribution >= 4 is 35.2 Å². The molecule has 0 aromatic carbocycles. The smallest absolute Gasteiger partial charge is 0.0210 e. The summed E-state index contributed by atoms with van der Waals surface area (Å²) in [6.45, 7) is 0. The Morgan fingerprint density at radius 3 is 1.56 bits per heavy atom. The molecule has 0 heterocycles. The maximum atomic E-state index is 4.68. The number of unbranched alkanes of at least 4 members (excludes halogenated alkanes) is 4. The average molecular weight is 160 g/mol. The average Bonchev–Trinajstić information content (AvgIpc) is 1.89. The molecule has 2 heteroatoms. The molecule has 0 aromatic heterocycles. The first-order valence-corrected chi connectivity index (χ1v) is 4.23. The SMILES string of the molecule is S=CCCCCCC=S. The molecule has 0 atom stereocenters. The summed E-state index contributed by atoms with van der Waals surface area (Å²) in [7, 11) is 0. The Balaban J connectivity index is 2.74. The molecule has 0 rings (SSSR count). The van der Waals surface area contributed by atoms with Crippen molar-refractivity contribution in [1.29, 1.82) is 0 Å². The van der Waals surface area contributed by atoms with Crippen LogP contribution in [0.15, 0.2) is 0 Å². The molecule has 0 amide bonds. The van der Waals surface area contributed by atoms with Gasteiger partial charge in [-0.15, -0.1) is 0 Å². The number of hydrogen-bond donors (Lipinski definition) is 0. The zero-order chi connectivity index (χ0) is 6.95. The first kappa shape index (κ1) is 9.18. The van der Waals surface area contributed by atoms with Crippen LogP contribution in [-0.4, -0.2) is 10.7 Å². The molecule has 52 valence electrons. The molecule has 0 N–H and O–H groups in total. The second-order valence-electron chi connectivity index (χ2n) is 1.97. The van der Waals surface area contributed by atoms with Gasteiger partial charge in [0.1, 0.15) is 0 Å². The topological polar surface area (TPSA) is 0 Å². The van der Waals surface area contributed by atoms with Gasteiger partial charge in [0, 0.05) is 0 Å². The van der Waals surface area contributed by atoms with Crippen molar-refractivity contribution in [2.45, 2.75) is 32.1 Å². The lowest BCUT2D eigenvalue weighted by Gasteiger charge is -1.91. The normalized spacial score (nSPS) is 8.89. The van der Waals surface area contributed by atoms with E-state index in [2.05, 4.69) is 24.4 Å². The van der Waals surface area contributed by atoms with Gasteiger partial charge in [0.05, 0.1) is 0 Å². The second kappa shape index (κ2) is 8.18. The van der Waals surface area contributed by atoms with Crippen LogP contribution < -0.4 is 0 Å². The van der Waals surface area contributed by atoms with Crippen LogP contribution in [-0.2, 0) is 0 Å². The van der Waals surface area contributed by atoms with Crippen molar-refractivity contribution in [2.75, 3.05) is 0 Å². The first-order valence-electron chi connectivity index (χ1n) is 3.29. The van der Waals surface area contributed by atoms with Crippen LogP contribution in [0.2, 0.25) is 0 Å². The van der Waals surface area contributed by atoms with Crippen LogP contribution in [0.1, 0.15) is 32.1 Å². The summed E-state index contributed by atoms with van der Waals surface area (Å²) >= 11 is 9.35. The lowest BCUT2D eigenvalue weighted by molar-refractivity contribution is 0.728. The molecule has 0 radical (unpaired) electrons. The van der Waals surface area contributed by atoms with E-state index in [-0.39, 0.29) is 0 Å². The zero-order valence-electron chi connectivity index (χ0n) is 5.51. The summed E-state index contributed by atoms with van der Waals surface area (Å²) in [6.07, 6.45) is 5.87. The van der Waals surface area contributed by atoms with Crippen LogP contribution in [0.25, 0.3) is 0 Å². The monoisotopic (exact) mass is 160 g/mol. The van der Waals surface area contributed by atoms with Crippen LogP contribution in [0.4, 0.5) is 0 Å². The molecule has 0 saturated heterocycles. The summed E-state index contributed by atoms with van der Waals surface area (Å²) < 4.78 is 0. The van der Waals surface area contributed by atoms with Gasteiger partial charge in [-0.05, 0) is 36.4 Å². The standard InChI is InChI=1S/C7H12S2/c8-6-4-2-1-3-5-7-9/h6-7H,1-5H2. The van der Waals surface area contributed by atoms with Crippen LogP contribution in [0.3, 0.4) is 0 Å². The second-order valence-corrected chi connectivity index (χ2v) is 2.64. The molecular weight excluding hydrogens is 148 g/mol. The Kier molecular flexibility index (Phi) is 8.34. The molecule has 0 saturated carbocycles. The van der Waals surface area contributed by atoms with E-state index in [0.29, 0.717) is 0 Å². The molecule has 0 fully saturated rings. The lowest BCUT2D eigenvalue weighted by Crippen LogP contribution is -1.77. The van der Waals surface area contributed by atoms with Gasteiger partial charge >= 0.3 is 0 Å². The molecule has 9 heavy (non-hydrogen) atoms. The summed E-state index contributed by atoms with van der Waals surface area (Å²) in [5.41, 5.74) is 0. The van der Waals surface area contributed by atoms with Crippen molar-refractivity contribution in [1.82, 2.24) is 0 Å². The number of thiocarbonyl (C=S) groups is 2. The van der Waals surface area contributed by atoms with E-state index in [1.807, 2.05) is 0 Å². The van der Waals surface area contributed by atoms with Crippen molar-refractivity contribution < 1.29 is 0 Å². The molecule has 0 nitrogen and oxygen atoms in total. The van der Waals surface area contributed by atoms with E-state index < -0.39 is 0 Å². The highest BCUT2D eigenvalue weighted by molar-refractivity contribution is 7.79. The minimum absolute atomic E-state index is 1.08. The minimum Gasteiger partial charge on any atom is -0.0935 e. The third-order valence-corrected chi connectivity index (χ3v) is 1.62. The first-order chi connectivity index (χ1) is 4.41. The summed E-state index contributed by atoms with van der Waals surface area (Å²) in [4.78, 5) is 0. The highest BCUT2D eigenvalue weighted by atomic mass is 32.1. The van der Waals surface area contributed by atoms with E-state index in [9.17, 15) is 0 Å². The minimum atomic E-state index is 1.08. The zero-order valence-corrected chi connectivity index (χ0v) is 7.14. The molecule has 0 bridgehead atoms. The van der Waals surface area contributed by atoms with Crippen molar-refractivity contribution in [3.05, 3.63) is 0 Å². The fourth-order valence-corrected chi connectivity index (χ4v) is 0.965. The van der Waals surface area contributed by atoms with Crippen LogP contribution in [0, 0.1) is 0 Å². The Morgan fingerprint density at radius 1 is 0.778 bits per heavy atom. The van der Waals surface area contributed by atoms with Gasteiger partial charge in [-0.25, -0.2) is 0 Å². The molecule has 0 aromatic rings. The molecule has 0 unspecified atom stereocenters. The Morgan fingerprint density at radius 2 is 1.22 bits per heavy atom. The van der Waals surface area contributed by atoms with Gasteiger partial charge in [0.15, 0.2) is 0 Å². The number of hydrogen-bond acceptors (Lipinski definition) is 2. The molecule has 0 aliphatic carbocycles. The van der Waals surface area contributed by atoms with Crippen LogP contribution >= 0.6 is 24.4 Å². The molecule has 0 aliphatic heterocycles. The van der Waals surface area contributed by atoms with Gasteiger partial charge in [-0.2, -0.15) is 0 Å². The summed E-state index contributed by atoms with van der Waals surface area (Å²) in [6, 6.07) is 0. The van der Waals surface area contributed by atoms with Gasteiger partial charge in [-0.3, -0.25) is 0 Å². The fraction of sp³-hybridized carbons (Fsp3) is 0.714. The van der Waals surface area contributed by atoms with Crippen molar-refractivity contribution in [3.8, 4) is 0 Å². The van der Waals surface area contributed by atoms with Crippen LogP contribution in [0.5, 0.6) is 0 Å². The quantitative estimate of drug-likeness (QED) is 0.433. The lowest BCUT2D eigenvalue weighted by atomic mass is 10.2. The summed E-state index contributed by atoms with van der Waals surface area (Å²) in [5, 5.41) is 3.61. The van der Waals surface area contributed by atoms with Crippen molar-refractivity contribution in [2.24, 2.45) is 0 Å². The third kappa shape index (κ3) is 8.18. The van der Waals surface area contributed by atoms with E-state index in [0.717, 1.165) is 12.8 Å². The van der Waals surface area contributed by atoms with Gasteiger partial charge in [-0.1, -0.05) is 30.9 Å². The maximum absolute atomic E-state index is 4.68. The van der Waals surface area contributed by atoms with E-state index in [1.165, 1.54) is 19.3 Å². The number of rotatable bonds is 6. The van der Waals surface area contributed by atoms with Gasteiger partial charge < -0.3 is 0 Å². The highest BCUT2D eigenvalue weighted by Crippen LogP contribution is 1.99. The molecule has 0 aliphatic rings. The van der Waals surface area contributed by atoms with Crippen molar-refractivity contribution in [3.63, 3.8) is 0 Å².